The molecule has 0 N–H and O–H groups in total. The highest BCUT2D eigenvalue weighted by molar-refractivity contribution is 5.39. The second-order valence-electron chi connectivity index (χ2n) is 5.07. The quantitative estimate of drug-likeness (QED) is 0.845. The highest BCUT2D eigenvalue weighted by Crippen LogP contribution is 2.37. The molecule has 0 saturated carbocycles. The van der Waals surface area contributed by atoms with Crippen LogP contribution in [0, 0.1) is 11.3 Å². The van der Waals surface area contributed by atoms with Crippen molar-refractivity contribution in [2.45, 2.75) is 18.5 Å². The minimum absolute atomic E-state index is 0.275. The maximum Gasteiger partial charge on any atom is 0.161 e. The number of hydrogen-bond acceptors (Lipinski definition) is 5. The van der Waals surface area contributed by atoms with Gasteiger partial charge in [-0.3, -0.25) is 9.97 Å². The van der Waals surface area contributed by atoms with Crippen LogP contribution in [0.4, 0.5) is 10.2 Å². The van der Waals surface area contributed by atoms with E-state index in [1.54, 1.807) is 30.7 Å². The average molecular weight is 283 g/mol. The zero-order chi connectivity index (χ0) is 14.7. The molecule has 1 saturated heterocycles. The lowest BCUT2D eigenvalue weighted by Crippen LogP contribution is -2.40. The molecule has 2 aromatic heterocycles. The normalized spacial score (nSPS) is 17.2. The smallest absolute Gasteiger partial charge is 0.161 e. The van der Waals surface area contributed by atoms with E-state index in [4.69, 9.17) is 5.26 Å². The van der Waals surface area contributed by atoms with Gasteiger partial charge < -0.3 is 4.90 Å². The number of aromatic nitrogens is 3. The number of piperidine rings is 1. The molecule has 1 aliphatic heterocycles. The number of pyridine rings is 1. The van der Waals surface area contributed by atoms with Gasteiger partial charge in [0.2, 0.25) is 0 Å². The van der Waals surface area contributed by atoms with Crippen LogP contribution in [0.3, 0.4) is 0 Å². The summed E-state index contributed by atoms with van der Waals surface area (Å²) in [6.07, 6.45) is 7.00. The predicted octanol–water partition coefficient (Wildman–Crippen LogP) is 2.21. The molecule has 0 spiro atoms. The summed E-state index contributed by atoms with van der Waals surface area (Å²) >= 11 is 0. The molecule has 3 rings (SSSR count). The number of nitriles is 1. The molecule has 1 aliphatic rings. The van der Waals surface area contributed by atoms with Gasteiger partial charge >= 0.3 is 0 Å². The van der Waals surface area contributed by atoms with Crippen molar-refractivity contribution in [3.63, 3.8) is 0 Å². The molecular weight excluding hydrogens is 269 g/mol. The summed E-state index contributed by atoms with van der Waals surface area (Å²) in [5, 5.41) is 8.85. The summed E-state index contributed by atoms with van der Waals surface area (Å²) in [5.41, 5.74) is -0.441. The number of anilines is 1. The number of alkyl halides is 1. The van der Waals surface area contributed by atoms with Crippen LogP contribution >= 0.6 is 0 Å². The molecular formula is C15H14FN5. The lowest BCUT2D eigenvalue weighted by atomic mass is 9.87. The minimum Gasteiger partial charge on any atom is -0.355 e. The van der Waals surface area contributed by atoms with Gasteiger partial charge in [0.15, 0.2) is 5.69 Å². The Hall–Kier alpha value is -2.55. The second kappa shape index (κ2) is 5.44. The summed E-state index contributed by atoms with van der Waals surface area (Å²) in [4.78, 5) is 14.2. The summed E-state index contributed by atoms with van der Waals surface area (Å²) in [5.74, 6) is 0.627. The predicted molar refractivity (Wildman–Crippen MR) is 75.2 cm³/mol. The first-order valence-electron chi connectivity index (χ1n) is 6.78. The van der Waals surface area contributed by atoms with E-state index in [0.29, 0.717) is 37.3 Å². The fourth-order valence-corrected chi connectivity index (χ4v) is 2.57. The number of nitrogens with zero attached hydrogens (tertiary/aromatic N) is 5. The van der Waals surface area contributed by atoms with E-state index in [9.17, 15) is 4.39 Å². The van der Waals surface area contributed by atoms with Crippen molar-refractivity contribution in [2.24, 2.45) is 0 Å². The molecule has 6 heteroatoms. The fraction of sp³-hybridized carbons (Fsp3) is 0.333. The van der Waals surface area contributed by atoms with Crippen LogP contribution in [0.15, 0.2) is 36.9 Å². The van der Waals surface area contributed by atoms with E-state index in [-0.39, 0.29) is 5.69 Å². The van der Waals surface area contributed by atoms with Crippen molar-refractivity contribution in [3.8, 4) is 6.07 Å². The average Bonchev–Trinajstić information content (AvgIpc) is 2.56. The van der Waals surface area contributed by atoms with Crippen molar-refractivity contribution in [2.75, 3.05) is 18.0 Å². The fourth-order valence-electron chi connectivity index (χ4n) is 2.57. The van der Waals surface area contributed by atoms with Crippen molar-refractivity contribution >= 4 is 5.82 Å². The Kier molecular flexibility index (Phi) is 3.48. The molecule has 106 valence electrons. The van der Waals surface area contributed by atoms with E-state index in [1.165, 1.54) is 6.20 Å². The van der Waals surface area contributed by atoms with Gasteiger partial charge in [-0.05, 0) is 6.07 Å². The molecule has 2 aromatic rings. The topological polar surface area (TPSA) is 65.7 Å². The molecule has 0 bridgehead atoms. The van der Waals surface area contributed by atoms with E-state index >= 15 is 0 Å². The maximum atomic E-state index is 15.0. The Morgan fingerprint density at radius 3 is 2.67 bits per heavy atom. The van der Waals surface area contributed by atoms with Gasteiger partial charge in [-0.25, -0.2) is 9.37 Å². The lowest BCUT2D eigenvalue weighted by Gasteiger charge is -2.37. The van der Waals surface area contributed by atoms with Crippen molar-refractivity contribution in [1.82, 2.24) is 15.0 Å². The molecule has 0 unspecified atom stereocenters. The van der Waals surface area contributed by atoms with Crippen LogP contribution in [-0.2, 0) is 5.67 Å². The molecule has 0 radical (unpaired) electrons. The summed E-state index contributed by atoms with van der Waals surface area (Å²) < 4.78 is 15.0. The zero-order valence-electron chi connectivity index (χ0n) is 11.4. The minimum atomic E-state index is -1.34. The first-order valence-corrected chi connectivity index (χ1v) is 6.78. The van der Waals surface area contributed by atoms with E-state index in [1.807, 2.05) is 11.0 Å². The summed E-state index contributed by atoms with van der Waals surface area (Å²) in [6, 6.07) is 5.50. The number of rotatable bonds is 2. The molecule has 0 aliphatic carbocycles. The molecule has 0 atom stereocenters. The first-order chi connectivity index (χ1) is 10.2. The van der Waals surface area contributed by atoms with Crippen LogP contribution in [0.2, 0.25) is 0 Å². The van der Waals surface area contributed by atoms with Gasteiger partial charge in [-0.15, -0.1) is 0 Å². The molecule has 21 heavy (non-hydrogen) atoms. The van der Waals surface area contributed by atoms with E-state index in [0.717, 1.165) is 0 Å². The van der Waals surface area contributed by atoms with Gasteiger partial charge in [0.1, 0.15) is 17.6 Å². The first kappa shape index (κ1) is 13.4. The molecule has 1 fully saturated rings. The Morgan fingerprint density at radius 2 is 2.00 bits per heavy atom. The Balaban J connectivity index is 1.74. The van der Waals surface area contributed by atoms with Gasteiger partial charge in [0.05, 0.1) is 12.4 Å². The summed E-state index contributed by atoms with van der Waals surface area (Å²) in [6.45, 7) is 1.07. The Morgan fingerprint density at radius 1 is 1.19 bits per heavy atom. The lowest BCUT2D eigenvalue weighted by molar-refractivity contribution is 0.124. The van der Waals surface area contributed by atoms with Gasteiger partial charge in [0, 0.05) is 43.9 Å². The number of halogens is 1. The highest BCUT2D eigenvalue weighted by Gasteiger charge is 2.36. The molecule has 5 nitrogen and oxygen atoms in total. The third-order valence-corrected chi connectivity index (χ3v) is 3.80. The van der Waals surface area contributed by atoms with Crippen molar-refractivity contribution in [1.29, 1.82) is 5.26 Å². The second-order valence-corrected chi connectivity index (χ2v) is 5.07. The van der Waals surface area contributed by atoms with Gasteiger partial charge in [-0.1, -0.05) is 6.07 Å². The van der Waals surface area contributed by atoms with Gasteiger partial charge in [0.25, 0.3) is 0 Å². The highest BCUT2D eigenvalue weighted by atomic mass is 19.1. The molecule has 3 heterocycles. The van der Waals surface area contributed by atoms with Crippen LogP contribution in [0.5, 0.6) is 0 Å². The van der Waals surface area contributed by atoms with E-state index in [2.05, 4.69) is 15.0 Å². The SMILES string of the molecule is N#Cc1cncc(N2CCC(F)(c3cccnc3)CC2)n1. The van der Waals surface area contributed by atoms with Crippen molar-refractivity contribution in [3.05, 3.63) is 48.2 Å². The Bertz CT molecular complexity index is 659. The zero-order valence-corrected chi connectivity index (χ0v) is 11.4. The standard InChI is InChI=1S/C15H14FN5/c16-15(12-2-1-5-18-9-12)3-6-21(7-4-15)14-11-19-10-13(8-17)20-14/h1-2,5,9-11H,3-4,6-7H2. The van der Waals surface area contributed by atoms with Crippen molar-refractivity contribution < 1.29 is 4.39 Å². The monoisotopic (exact) mass is 283 g/mol. The Labute approximate surface area is 122 Å². The van der Waals surface area contributed by atoms with Crippen LogP contribution in [0.25, 0.3) is 0 Å². The third-order valence-electron chi connectivity index (χ3n) is 3.80. The molecule has 0 aromatic carbocycles. The van der Waals surface area contributed by atoms with Crippen LogP contribution in [-0.4, -0.2) is 28.0 Å². The number of hydrogen-bond donors (Lipinski definition) is 0. The van der Waals surface area contributed by atoms with Crippen LogP contribution < -0.4 is 4.90 Å². The third kappa shape index (κ3) is 2.68. The molecule has 0 amide bonds. The van der Waals surface area contributed by atoms with Gasteiger partial charge in [-0.2, -0.15) is 5.26 Å². The largest absolute Gasteiger partial charge is 0.355 e. The summed E-state index contributed by atoms with van der Waals surface area (Å²) in [7, 11) is 0. The van der Waals surface area contributed by atoms with Crippen LogP contribution in [0.1, 0.15) is 24.1 Å². The van der Waals surface area contributed by atoms with E-state index < -0.39 is 5.67 Å². The maximum absolute atomic E-state index is 15.0.